The second-order valence-corrected chi connectivity index (χ2v) is 9.67. The van der Waals surface area contributed by atoms with E-state index in [2.05, 4.69) is 0 Å². The minimum atomic E-state index is -3.81. The van der Waals surface area contributed by atoms with Gasteiger partial charge in [-0.15, -0.1) is 0 Å². The van der Waals surface area contributed by atoms with Crippen molar-refractivity contribution in [2.24, 2.45) is 0 Å². The number of hydrogen-bond donors (Lipinski definition) is 0. The van der Waals surface area contributed by atoms with Crippen LogP contribution >= 0.6 is 11.6 Å². The molecule has 2 aromatic carbocycles. The van der Waals surface area contributed by atoms with E-state index in [-0.39, 0.29) is 34.6 Å². The largest absolute Gasteiger partial charge is 0.452 e. The molecular weight excluding hydrogens is 456 g/mol. The van der Waals surface area contributed by atoms with Gasteiger partial charge in [-0.3, -0.25) is 4.79 Å². The molecule has 2 aromatic rings. The van der Waals surface area contributed by atoms with Crippen LogP contribution in [0.2, 0.25) is 5.02 Å². The van der Waals surface area contributed by atoms with Gasteiger partial charge in [0.2, 0.25) is 10.0 Å². The molecule has 0 aliphatic carbocycles. The molecule has 1 aliphatic rings. The zero-order valence-electron chi connectivity index (χ0n) is 17.9. The Morgan fingerprint density at radius 3 is 2.47 bits per heavy atom. The summed E-state index contributed by atoms with van der Waals surface area (Å²) >= 11 is 6.11. The van der Waals surface area contributed by atoms with Crippen LogP contribution in [0, 0.1) is 0 Å². The monoisotopic (exact) mass is 480 g/mol. The average Bonchev–Trinajstić information content (AvgIpc) is 2.82. The minimum Gasteiger partial charge on any atom is -0.452 e. The van der Waals surface area contributed by atoms with Crippen LogP contribution in [0.15, 0.2) is 53.4 Å². The molecule has 0 radical (unpaired) electrons. The number of carbonyl (C=O) groups is 2. The summed E-state index contributed by atoms with van der Waals surface area (Å²) in [6.07, 6.45) is 0. The summed E-state index contributed by atoms with van der Waals surface area (Å²) in [6, 6.07) is 13.1. The Bertz CT molecular complexity index is 1070. The molecule has 1 fully saturated rings. The topological polar surface area (TPSA) is 93.2 Å². The van der Waals surface area contributed by atoms with E-state index in [1.807, 2.05) is 37.3 Å². The van der Waals surface area contributed by atoms with E-state index in [4.69, 9.17) is 21.1 Å². The fourth-order valence-electron chi connectivity index (χ4n) is 3.24. The number of ether oxygens (including phenoxy) is 2. The van der Waals surface area contributed by atoms with Gasteiger partial charge in [0, 0.05) is 20.1 Å². The molecule has 172 valence electrons. The molecule has 0 N–H and O–H groups in total. The number of nitrogens with zero attached hydrogens (tertiary/aromatic N) is 2. The third-order valence-electron chi connectivity index (χ3n) is 5.35. The van der Waals surface area contributed by atoms with Gasteiger partial charge < -0.3 is 14.4 Å². The number of sulfonamides is 1. The Labute approximate surface area is 192 Å². The zero-order chi connectivity index (χ0) is 23.3. The summed E-state index contributed by atoms with van der Waals surface area (Å²) in [4.78, 5) is 26.5. The van der Waals surface area contributed by atoms with Gasteiger partial charge in [0.25, 0.3) is 5.91 Å². The predicted octanol–water partition coefficient (Wildman–Crippen LogP) is 2.74. The SMILES string of the molecule is CC(c1ccccc1)N(C)C(=O)COC(=O)c1cc(S(=O)(=O)N2CCOCC2)ccc1Cl. The zero-order valence-corrected chi connectivity index (χ0v) is 19.4. The van der Waals surface area contributed by atoms with E-state index in [1.54, 1.807) is 7.05 Å². The highest BCUT2D eigenvalue weighted by Gasteiger charge is 2.28. The van der Waals surface area contributed by atoms with Crippen LogP contribution in [0.25, 0.3) is 0 Å². The molecule has 1 saturated heterocycles. The van der Waals surface area contributed by atoms with Gasteiger partial charge in [0.1, 0.15) is 0 Å². The van der Waals surface area contributed by atoms with Gasteiger partial charge in [-0.1, -0.05) is 41.9 Å². The smallest absolute Gasteiger partial charge is 0.340 e. The quantitative estimate of drug-likeness (QED) is 0.566. The number of amides is 1. The normalized spacial score (nSPS) is 15.7. The van der Waals surface area contributed by atoms with Crippen molar-refractivity contribution in [1.29, 1.82) is 0 Å². The lowest BCUT2D eigenvalue weighted by molar-refractivity contribution is -0.135. The molecule has 8 nitrogen and oxygen atoms in total. The van der Waals surface area contributed by atoms with Crippen LogP contribution in [0.1, 0.15) is 28.9 Å². The second-order valence-electron chi connectivity index (χ2n) is 7.33. The van der Waals surface area contributed by atoms with Crippen molar-refractivity contribution in [1.82, 2.24) is 9.21 Å². The molecule has 0 saturated carbocycles. The number of likely N-dealkylation sites (N-methyl/N-ethyl adjacent to an activating group) is 1. The number of morpholine rings is 1. The Kier molecular flexibility index (Phi) is 7.89. The van der Waals surface area contributed by atoms with Crippen LogP contribution in [0.4, 0.5) is 0 Å². The van der Waals surface area contributed by atoms with Crippen LogP contribution in [0.5, 0.6) is 0 Å². The Balaban J connectivity index is 1.68. The Morgan fingerprint density at radius 1 is 1.16 bits per heavy atom. The summed E-state index contributed by atoms with van der Waals surface area (Å²) < 4.78 is 37.3. The third kappa shape index (κ3) is 5.47. The summed E-state index contributed by atoms with van der Waals surface area (Å²) in [5.74, 6) is -1.27. The molecule has 0 bridgehead atoms. The van der Waals surface area contributed by atoms with Crippen LogP contribution in [0.3, 0.4) is 0 Å². The second kappa shape index (κ2) is 10.4. The molecule has 1 heterocycles. The van der Waals surface area contributed by atoms with Crippen LogP contribution in [-0.4, -0.2) is 69.5 Å². The van der Waals surface area contributed by atoms with Gasteiger partial charge in [0.15, 0.2) is 6.61 Å². The van der Waals surface area contributed by atoms with E-state index in [1.165, 1.54) is 27.4 Å². The Morgan fingerprint density at radius 2 is 1.81 bits per heavy atom. The van der Waals surface area contributed by atoms with Crippen molar-refractivity contribution < 1.29 is 27.5 Å². The standard InChI is InChI=1S/C22H25ClN2O6S/c1-16(17-6-4-3-5-7-17)24(2)21(26)15-31-22(27)19-14-18(8-9-20(19)23)32(28,29)25-10-12-30-13-11-25/h3-9,14,16H,10-13,15H2,1-2H3. The van der Waals surface area contributed by atoms with Gasteiger partial charge >= 0.3 is 5.97 Å². The number of rotatable bonds is 7. The molecule has 10 heteroatoms. The van der Waals surface area contributed by atoms with E-state index < -0.39 is 28.5 Å². The van der Waals surface area contributed by atoms with Crippen molar-refractivity contribution in [2.75, 3.05) is 40.0 Å². The minimum absolute atomic E-state index is 0.0365. The lowest BCUT2D eigenvalue weighted by Gasteiger charge is -2.26. The lowest BCUT2D eigenvalue weighted by atomic mass is 10.1. The first kappa shape index (κ1) is 24.2. The van der Waals surface area contributed by atoms with E-state index >= 15 is 0 Å². The molecule has 3 rings (SSSR count). The summed E-state index contributed by atoms with van der Waals surface area (Å²) in [6.45, 7) is 2.43. The third-order valence-corrected chi connectivity index (χ3v) is 7.57. The first-order valence-electron chi connectivity index (χ1n) is 10.1. The number of carbonyl (C=O) groups excluding carboxylic acids is 2. The van der Waals surface area contributed by atoms with Gasteiger partial charge in [-0.2, -0.15) is 4.31 Å². The molecule has 0 aromatic heterocycles. The molecule has 1 atom stereocenters. The first-order valence-corrected chi connectivity index (χ1v) is 11.9. The molecule has 1 amide bonds. The maximum absolute atomic E-state index is 12.9. The van der Waals surface area contributed by atoms with E-state index in [0.717, 1.165) is 5.56 Å². The van der Waals surface area contributed by atoms with Crippen molar-refractivity contribution in [3.63, 3.8) is 0 Å². The Hall–Kier alpha value is -2.46. The van der Waals surface area contributed by atoms with Crippen LogP contribution < -0.4 is 0 Å². The number of benzene rings is 2. The number of halogens is 1. The fourth-order valence-corrected chi connectivity index (χ4v) is 4.86. The van der Waals surface area contributed by atoms with Gasteiger partial charge in [-0.25, -0.2) is 13.2 Å². The van der Waals surface area contributed by atoms with Gasteiger partial charge in [0.05, 0.1) is 34.7 Å². The predicted molar refractivity (Wildman–Crippen MR) is 119 cm³/mol. The fraction of sp³-hybridized carbons (Fsp3) is 0.364. The van der Waals surface area contributed by atoms with Crippen molar-refractivity contribution in [3.05, 3.63) is 64.7 Å². The molecular formula is C22H25ClN2O6S. The summed E-state index contributed by atoms with van der Waals surface area (Å²) in [7, 11) is -2.19. The molecule has 1 aliphatic heterocycles. The van der Waals surface area contributed by atoms with E-state index in [9.17, 15) is 18.0 Å². The number of esters is 1. The number of hydrogen-bond acceptors (Lipinski definition) is 6. The van der Waals surface area contributed by atoms with E-state index in [0.29, 0.717) is 13.2 Å². The van der Waals surface area contributed by atoms with Crippen molar-refractivity contribution >= 4 is 33.5 Å². The van der Waals surface area contributed by atoms with Crippen molar-refractivity contribution in [3.8, 4) is 0 Å². The molecule has 1 unspecified atom stereocenters. The maximum atomic E-state index is 12.9. The maximum Gasteiger partial charge on any atom is 0.340 e. The summed E-state index contributed by atoms with van der Waals surface area (Å²) in [5.41, 5.74) is 0.825. The first-order chi connectivity index (χ1) is 15.2. The highest BCUT2D eigenvalue weighted by Crippen LogP contribution is 2.24. The molecule has 0 spiro atoms. The van der Waals surface area contributed by atoms with Crippen LogP contribution in [-0.2, 0) is 24.3 Å². The molecule has 32 heavy (non-hydrogen) atoms. The lowest BCUT2D eigenvalue weighted by Crippen LogP contribution is -2.40. The highest BCUT2D eigenvalue weighted by molar-refractivity contribution is 7.89. The van der Waals surface area contributed by atoms with Gasteiger partial charge in [-0.05, 0) is 30.7 Å². The highest BCUT2D eigenvalue weighted by atomic mass is 35.5. The van der Waals surface area contributed by atoms with Crippen molar-refractivity contribution in [2.45, 2.75) is 17.9 Å². The summed E-state index contributed by atoms with van der Waals surface area (Å²) in [5, 5.41) is 0.0365. The average molecular weight is 481 g/mol.